The smallest absolute Gasteiger partial charge is 0.339 e. The van der Waals surface area contributed by atoms with Crippen molar-refractivity contribution in [2.45, 2.75) is 19.3 Å². The molecule has 0 unspecified atom stereocenters. The van der Waals surface area contributed by atoms with Gasteiger partial charge in [-0.15, -0.1) is 0 Å². The summed E-state index contributed by atoms with van der Waals surface area (Å²) in [7, 11) is 1.71. The molecular formula is C14H17ClN2O3. The Balaban J connectivity index is 2.07. The highest BCUT2D eigenvalue weighted by Crippen LogP contribution is 2.27. The van der Waals surface area contributed by atoms with E-state index < -0.39 is 5.97 Å². The number of carbonyl (C=O) groups is 2. The van der Waals surface area contributed by atoms with Crippen molar-refractivity contribution in [2.75, 3.05) is 18.9 Å². The van der Waals surface area contributed by atoms with Crippen LogP contribution in [0.4, 0.5) is 10.5 Å². The third-order valence-electron chi connectivity index (χ3n) is 3.57. The Bertz CT molecular complexity index is 529. The fraction of sp³-hybridized carbons (Fsp3) is 0.429. The maximum Gasteiger partial charge on any atom is 0.339 e. The molecule has 0 saturated heterocycles. The lowest BCUT2D eigenvalue weighted by molar-refractivity contribution is 0.0698. The van der Waals surface area contributed by atoms with Crippen molar-refractivity contribution >= 4 is 29.3 Å². The second-order valence-electron chi connectivity index (χ2n) is 5.08. The first-order valence-corrected chi connectivity index (χ1v) is 6.90. The minimum Gasteiger partial charge on any atom is -0.478 e. The van der Waals surface area contributed by atoms with Crippen LogP contribution in [0.2, 0.25) is 5.02 Å². The molecule has 0 aliphatic heterocycles. The summed E-state index contributed by atoms with van der Waals surface area (Å²) in [5.41, 5.74) is 0.134. The number of halogens is 1. The summed E-state index contributed by atoms with van der Waals surface area (Å²) in [5, 5.41) is 11.9. The average molecular weight is 297 g/mol. The lowest BCUT2D eigenvalue weighted by Gasteiger charge is -2.30. The third-order valence-corrected chi connectivity index (χ3v) is 3.89. The molecule has 5 nitrogen and oxygen atoms in total. The van der Waals surface area contributed by atoms with Crippen LogP contribution >= 0.6 is 11.6 Å². The molecule has 1 aliphatic rings. The summed E-state index contributed by atoms with van der Waals surface area (Å²) in [4.78, 5) is 24.8. The fourth-order valence-electron chi connectivity index (χ4n) is 2.20. The zero-order chi connectivity index (χ0) is 14.7. The van der Waals surface area contributed by atoms with E-state index in [1.165, 1.54) is 18.6 Å². The quantitative estimate of drug-likeness (QED) is 0.895. The second-order valence-corrected chi connectivity index (χ2v) is 5.48. The van der Waals surface area contributed by atoms with Gasteiger partial charge < -0.3 is 15.3 Å². The van der Waals surface area contributed by atoms with Crippen LogP contribution in [0.5, 0.6) is 0 Å². The SMILES string of the molecule is CN(CC1CCC1)C(=O)Nc1cccc(Cl)c1C(=O)O. The molecule has 0 heterocycles. The van der Waals surface area contributed by atoms with Gasteiger partial charge in [0.05, 0.1) is 10.7 Å². The molecule has 6 heteroatoms. The van der Waals surface area contributed by atoms with Gasteiger partial charge in [0.25, 0.3) is 0 Å². The first-order valence-electron chi connectivity index (χ1n) is 6.53. The van der Waals surface area contributed by atoms with E-state index in [-0.39, 0.29) is 22.3 Å². The molecule has 20 heavy (non-hydrogen) atoms. The maximum absolute atomic E-state index is 12.1. The lowest BCUT2D eigenvalue weighted by atomic mass is 9.85. The molecule has 2 amide bonds. The van der Waals surface area contributed by atoms with Gasteiger partial charge in [0.15, 0.2) is 0 Å². The minimum absolute atomic E-state index is 0.0837. The molecule has 2 N–H and O–H groups in total. The molecular weight excluding hydrogens is 280 g/mol. The van der Waals surface area contributed by atoms with Gasteiger partial charge in [-0.1, -0.05) is 24.1 Å². The Hall–Kier alpha value is -1.75. The molecule has 2 rings (SSSR count). The summed E-state index contributed by atoms with van der Waals surface area (Å²) >= 11 is 5.86. The monoisotopic (exact) mass is 296 g/mol. The molecule has 0 bridgehead atoms. The van der Waals surface area contributed by atoms with Crippen LogP contribution in [0.1, 0.15) is 29.6 Å². The molecule has 108 valence electrons. The first-order chi connectivity index (χ1) is 9.49. The predicted molar refractivity (Wildman–Crippen MR) is 77.4 cm³/mol. The number of anilines is 1. The van der Waals surface area contributed by atoms with E-state index in [2.05, 4.69) is 5.32 Å². The Morgan fingerprint density at radius 3 is 2.70 bits per heavy atom. The average Bonchev–Trinajstić information content (AvgIpc) is 2.33. The van der Waals surface area contributed by atoms with Gasteiger partial charge in [-0.05, 0) is 30.9 Å². The molecule has 1 saturated carbocycles. The number of hydrogen-bond acceptors (Lipinski definition) is 2. The number of carboxylic acid groups (broad SMARTS) is 1. The van der Waals surface area contributed by atoms with Crippen molar-refractivity contribution in [3.05, 3.63) is 28.8 Å². The Morgan fingerprint density at radius 1 is 1.45 bits per heavy atom. The number of carboxylic acids is 1. The Morgan fingerprint density at radius 2 is 2.15 bits per heavy atom. The van der Waals surface area contributed by atoms with Gasteiger partial charge >= 0.3 is 12.0 Å². The van der Waals surface area contributed by atoms with Crippen LogP contribution in [0.15, 0.2) is 18.2 Å². The molecule has 1 aromatic rings. The molecule has 1 aromatic carbocycles. The van der Waals surface area contributed by atoms with Gasteiger partial charge in [0.1, 0.15) is 5.56 Å². The van der Waals surface area contributed by atoms with Crippen molar-refractivity contribution in [3.8, 4) is 0 Å². The number of nitrogens with zero attached hydrogens (tertiary/aromatic N) is 1. The molecule has 0 atom stereocenters. The van der Waals surface area contributed by atoms with Crippen LogP contribution in [-0.2, 0) is 0 Å². The summed E-state index contributed by atoms with van der Waals surface area (Å²) < 4.78 is 0. The van der Waals surface area contributed by atoms with Crippen LogP contribution in [0, 0.1) is 5.92 Å². The van der Waals surface area contributed by atoms with Gasteiger partial charge in [-0.3, -0.25) is 0 Å². The largest absolute Gasteiger partial charge is 0.478 e. The topological polar surface area (TPSA) is 69.6 Å². The summed E-state index contributed by atoms with van der Waals surface area (Å²) in [5.74, 6) is -0.600. The van der Waals surface area contributed by atoms with E-state index in [1.807, 2.05) is 0 Å². The summed E-state index contributed by atoms with van der Waals surface area (Å²) in [6.45, 7) is 0.689. The van der Waals surface area contributed by atoms with Crippen LogP contribution in [-0.4, -0.2) is 35.6 Å². The number of amides is 2. The zero-order valence-electron chi connectivity index (χ0n) is 11.2. The van der Waals surface area contributed by atoms with Gasteiger partial charge in [0, 0.05) is 13.6 Å². The standard InChI is InChI=1S/C14H17ClN2O3/c1-17(8-9-4-2-5-9)14(20)16-11-7-3-6-10(15)12(11)13(18)19/h3,6-7,9H,2,4-5,8H2,1H3,(H,16,20)(H,18,19). The van der Waals surface area contributed by atoms with Crippen LogP contribution in [0.25, 0.3) is 0 Å². The first kappa shape index (κ1) is 14.7. The number of nitrogens with one attached hydrogen (secondary N) is 1. The van der Waals surface area contributed by atoms with Crippen LogP contribution in [0.3, 0.4) is 0 Å². The lowest BCUT2D eigenvalue weighted by Crippen LogP contribution is -2.37. The number of carbonyl (C=O) groups excluding carboxylic acids is 1. The number of aromatic carboxylic acids is 1. The minimum atomic E-state index is -1.16. The predicted octanol–water partition coefficient (Wildman–Crippen LogP) is 3.30. The molecule has 1 aliphatic carbocycles. The summed E-state index contributed by atoms with van der Waals surface area (Å²) in [6, 6.07) is 4.31. The number of benzene rings is 1. The summed E-state index contributed by atoms with van der Waals surface area (Å²) in [6.07, 6.45) is 3.52. The van der Waals surface area contributed by atoms with E-state index in [9.17, 15) is 9.59 Å². The molecule has 0 radical (unpaired) electrons. The van der Waals surface area contributed by atoms with Crippen molar-refractivity contribution < 1.29 is 14.7 Å². The van der Waals surface area contributed by atoms with Crippen molar-refractivity contribution in [3.63, 3.8) is 0 Å². The highest BCUT2D eigenvalue weighted by atomic mass is 35.5. The highest BCUT2D eigenvalue weighted by molar-refractivity contribution is 6.34. The molecule has 0 spiro atoms. The number of rotatable bonds is 4. The number of urea groups is 1. The Labute approximate surface area is 122 Å². The number of hydrogen-bond donors (Lipinski definition) is 2. The van der Waals surface area contributed by atoms with E-state index in [0.717, 1.165) is 12.8 Å². The van der Waals surface area contributed by atoms with Crippen LogP contribution < -0.4 is 5.32 Å². The third kappa shape index (κ3) is 3.22. The van der Waals surface area contributed by atoms with Crippen molar-refractivity contribution in [2.24, 2.45) is 5.92 Å². The van der Waals surface area contributed by atoms with E-state index >= 15 is 0 Å². The molecule has 1 fully saturated rings. The highest BCUT2D eigenvalue weighted by Gasteiger charge is 2.22. The second kappa shape index (κ2) is 6.13. The van der Waals surface area contributed by atoms with Gasteiger partial charge in [-0.2, -0.15) is 0 Å². The van der Waals surface area contributed by atoms with Gasteiger partial charge in [-0.25, -0.2) is 9.59 Å². The maximum atomic E-state index is 12.1. The van der Waals surface area contributed by atoms with Gasteiger partial charge in [0.2, 0.25) is 0 Å². The van der Waals surface area contributed by atoms with Crippen molar-refractivity contribution in [1.82, 2.24) is 4.90 Å². The normalized spacial score (nSPS) is 14.5. The van der Waals surface area contributed by atoms with E-state index in [4.69, 9.17) is 16.7 Å². The Kier molecular flexibility index (Phi) is 4.49. The van der Waals surface area contributed by atoms with E-state index in [1.54, 1.807) is 18.0 Å². The molecule has 0 aromatic heterocycles. The van der Waals surface area contributed by atoms with Crippen molar-refractivity contribution in [1.29, 1.82) is 0 Å². The van der Waals surface area contributed by atoms with E-state index in [0.29, 0.717) is 12.5 Å². The fourth-order valence-corrected chi connectivity index (χ4v) is 2.46. The zero-order valence-corrected chi connectivity index (χ0v) is 12.0.